The second-order valence-corrected chi connectivity index (χ2v) is 5.28. The maximum atomic E-state index is 11.8. The molecule has 8 heteroatoms. The molecule has 2 rings (SSSR count). The summed E-state index contributed by atoms with van der Waals surface area (Å²) in [7, 11) is 0. The zero-order chi connectivity index (χ0) is 16.8. The van der Waals surface area contributed by atoms with Crippen LogP contribution >= 0.6 is 0 Å². The highest BCUT2D eigenvalue weighted by atomic mass is 16.6. The van der Waals surface area contributed by atoms with Gasteiger partial charge < -0.3 is 25.2 Å². The molecule has 23 heavy (non-hydrogen) atoms. The van der Waals surface area contributed by atoms with Crippen molar-refractivity contribution in [3.05, 3.63) is 6.33 Å². The second kappa shape index (κ2) is 7.85. The lowest BCUT2D eigenvalue weighted by atomic mass is 10.3. The summed E-state index contributed by atoms with van der Waals surface area (Å²) in [5.41, 5.74) is 6.89. The Morgan fingerprint density at radius 2 is 1.87 bits per heavy atom. The predicted octanol–water partition coefficient (Wildman–Crippen LogP) is 1.18. The number of hydrogen-bond acceptors (Lipinski definition) is 7. The maximum absolute atomic E-state index is 11.8. The minimum absolute atomic E-state index is 0.258. The van der Waals surface area contributed by atoms with Gasteiger partial charge in [-0.3, -0.25) is 0 Å². The molecule has 0 spiro atoms. The Balaban J connectivity index is 2.09. The molecule has 0 atom stereocenters. The van der Waals surface area contributed by atoms with Crippen LogP contribution in [0.3, 0.4) is 0 Å². The lowest BCUT2D eigenvalue weighted by molar-refractivity contribution is 0.105. The quantitative estimate of drug-likeness (QED) is 0.871. The molecule has 0 bridgehead atoms. The largest absolute Gasteiger partial charge is 0.450 e. The number of carbonyl (C=O) groups excluding carboxylic acids is 1. The van der Waals surface area contributed by atoms with E-state index in [-0.39, 0.29) is 6.09 Å². The number of rotatable bonds is 5. The second-order valence-electron chi connectivity index (χ2n) is 5.28. The average molecular weight is 322 g/mol. The molecule has 1 aliphatic rings. The Kier molecular flexibility index (Phi) is 5.84. The third-order valence-corrected chi connectivity index (χ3v) is 4.01. The van der Waals surface area contributed by atoms with E-state index in [0.717, 1.165) is 24.7 Å². The van der Waals surface area contributed by atoms with Crippen molar-refractivity contribution in [2.75, 3.05) is 61.4 Å². The minimum Gasteiger partial charge on any atom is -0.450 e. The van der Waals surface area contributed by atoms with Crippen LogP contribution < -0.4 is 15.5 Å². The molecule has 2 heterocycles. The van der Waals surface area contributed by atoms with Gasteiger partial charge in [0.15, 0.2) is 11.6 Å². The van der Waals surface area contributed by atoms with Gasteiger partial charge in [0.1, 0.15) is 12.0 Å². The summed E-state index contributed by atoms with van der Waals surface area (Å²) < 4.78 is 5.04. The molecule has 1 aromatic rings. The zero-order valence-electron chi connectivity index (χ0n) is 14.2. The van der Waals surface area contributed by atoms with Crippen LogP contribution in [-0.4, -0.2) is 66.8 Å². The van der Waals surface area contributed by atoms with Crippen molar-refractivity contribution in [1.29, 1.82) is 0 Å². The van der Waals surface area contributed by atoms with E-state index in [0.29, 0.717) is 38.5 Å². The Hall–Kier alpha value is -2.25. The highest BCUT2D eigenvalue weighted by molar-refractivity contribution is 5.76. The first-order valence-electron chi connectivity index (χ1n) is 8.14. The average Bonchev–Trinajstić information content (AvgIpc) is 2.58. The van der Waals surface area contributed by atoms with Gasteiger partial charge in [-0.1, -0.05) is 0 Å². The van der Waals surface area contributed by atoms with E-state index in [1.807, 2.05) is 6.92 Å². The molecule has 1 amide bonds. The number of nitrogens with zero attached hydrogens (tertiary/aromatic N) is 5. The molecule has 0 radical (unpaired) electrons. The molecule has 1 fully saturated rings. The van der Waals surface area contributed by atoms with Gasteiger partial charge in [0, 0.05) is 39.3 Å². The third kappa shape index (κ3) is 3.75. The van der Waals surface area contributed by atoms with Crippen LogP contribution in [0.4, 0.5) is 22.1 Å². The lowest BCUT2D eigenvalue weighted by Gasteiger charge is -2.35. The summed E-state index contributed by atoms with van der Waals surface area (Å²) in [6.07, 6.45) is 1.29. The molecule has 1 aliphatic heterocycles. The number of aromatic nitrogens is 2. The van der Waals surface area contributed by atoms with Gasteiger partial charge in [0.05, 0.1) is 6.61 Å². The van der Waals surface area contributed by atoms with Crippen molar-refractivity contribution in [2.24, 2.45) is 0 Å². The molecular formula is C15H26N6O2. The van der Waals surface area contributed by atoms with Crippen molar-refractivity contribution in [1.82, 2.24) is 14.9 Å². The molecule has 0 aromatic carbocycles. The lowest BCUT2D eigenvalue weighted by Crippen LogP contribution is -2.49. The van der Waals surface area contributed by atoms with Gasteiger partial charge in [0.25, 0.3) is 0 Å². The molecule has 1 aromatic heterocycles. The summed E-state index contributed by atoms with van der Waals surface area (Å²) in [6.45, 7) is 10.6. The highest BCUT2D eigenvalue weighted by Crippen LogP contribution is 2.29. The van der Waals surface area contributed by atoms with E-state index in [9.17, 15) is 4.79 Å². The fourth-order valence-electron chi connectivity index (χ4n) is 2.72. The summed E-state index contributed by atoms with van der Waals surface area (Å²) in [6, 6.07) is 0. The Morgan fingerprint density at radius 3 is 2.43 bits per heavy atom. The molecule has 128 valence electrons. The number of carbonyl (C=O) groups is 1. The summed E-state index contributed by atoms with van der Waals surface area (Å²) >= 11 is 0. The fourth-order valence-corrected chi connectivity index (χ4v) is 2.72. The standard InChI is InChI=1S/C15H26N6O2/c1-4-19(5-2)13-12(16)14(18-11-17-13)20-7-9-21(10-8-20)15(22)23-6-3/h11H,4-10,16H2,1-3H3. The van der Waals surface area contributed by atoms with Crippen molar-refractivity contribution >= 4 is 23.4 Å². The molecule has 1 saturated heterocycles. The van der Waals surface area contributed by atoms with Crippen LogP contribution in [0.2, 0.25) is 0 Å². The fraction of sp³-hybridized carbons (Fsp3) is 0.667. The first kappa shape index (κ1) is 17.1. The minimum atomic E-state index is -0.258. The summed E-state index contributed by atoms with van der Waals surface area (Å²) in [5.74, 6) is 1.51. The van der Waals surface area contributed by atoms with Gasteiger partial charge in [-0.25, -0.2) is 14.8 Å². The topological polar surface area (TPSA) is 87.8 Å². The molecule has 0 aliphatic carbocycles. The summed E-state index contributed by atoms with van der Waals surface area (Å²) in [5, 5.41) is 0. The molecule has 8 nitrogen and oxygen atoms in total. The highest BCUT2D eigenvalue weighted by Gasteiger charge is 2.25. The third-order valence-electron chi connectivity index (χ3n) is 4.01. The Labute approximate surface area is 137 Å². The number of ether oxygens (including phenoxy) is 1. The van der Waals surface area contributed by atoms with Gasteiger partial charge in [-0.05, 0) is 20.8 Å². The van der Waals surface area contributed by atoms with Crippen LogP contribution in [0.1, 0.15) is 20.8 Å². The summed E-state index contributed by atoms with van der Waals surface area (Å²) in [4.78, 5) is 26.3. The van der Waals surface area contributed by atoms with Gasteiger partial charge in [-0.2, -0.15) is 0 Å². The van der Waals surface area contributed by atoms with Crippen molar-refractivity contribution in [2.45, 2.75) is 20.8 Å². The SMILES string of the molecule is CCOC(=O)N1CCN(c2ncnc(N(CC)CC)c2N)CC1. The van der Waals surface area contributed by atoms with Crippen LogP contribution in [0.5, 0.6) is 0 Å². The number of piperazine rings is 1. The number of anilines is 3. The molecular weight excluding hydrogens is 296 g/mol. The van der Waals surface area contributed by atoms with E-state index in [4.69, 9.17) is 10.5 Å². The van der Waals surface area contributed by atoms with Crippen molar-refractivity contribution in [3.63, 3.8) is 0 Å². The van der Waals surface area contributed by atoms with E-state index < -0.39 is 0 Å². The van der Waals surface area contributed by atoms with Crippen molar-refractivity contribution in [3.8, 4) is 0 Å². The Bertz CT molecular complexity index is 527. The normalized spacial score (nSPS) is 14.7. The number of nitrogens with two attached hydrogens (primary N) is 1. The zero-order valence-corrected chi connectivity index (χ0v) is 14.2. The predicted molar refractivity (Wildman–Crippen MR) is 90.8 cm³/mol. The van der Waals surface area contributed by atoms with Gasteiger partial charge in [-0.15, -0.1) is 0 Å². The van der Waals surface area contributed by atoms with Crippen LogP contribution in [0.25, 0.3) is 0 Å². The molecule has 0 unspecified atom stereocenters. The maximum Gasteiger partial charge on any atom is 0.409 e. The smallest absolute Gasteiger partial charge is 0.409 e. The van der Waals surface area contributed by atoms with Gasteiger partial charge in [0.2, 0.25) is 0 Å². The van der Waals surface area contributed by atoms with E-state index in [1.165, 1.54) is 0 Å². The molecule has 2 N–H and O–H groups in total. The first-order chi connectivity index (χ1) is 11.1. The number of amides is 1. The van der Waals surface area contributed by atoms with E-state index >= 15 is 0 Å². The molecule has 0 saturated carbocycles. The van der Waals surface area contributed by atoms with Crippen molar-refractivity contribution < 1.29 is 9.53 Å². The first-order valence-corrected chi connectivity index (χ1v) is 8.14. The van der Waals surface area contributed by atoms with Crippen LogP contribution in [0.15, 0.2) is 6.33 Å². The monoisotopic (exact) mass is 322 g/mol. The Morgan fingerprint density at radius 1 is 1.22 bits per heavy atom. The van der Waals surface area contributed by atoms with Crippen LogP contribution in [0, 0.1) is 0 Å². The van der Waals surface area contributed by atoms with E-state index in [2.05, 4.69) is 33.6 Å². The number of nitrogen functional groups attached to an aromatic ring is 1. The van der Waals surface area contributed by atoms with Gasteiger partial charge >= 0.3 is 6.09 Å². The van der Waals surface area contributed by atoms with Crippen LogP contribution in [-0.2, 0) is 4.74 Å². The van der Waals surface area contributed by atoms with E-state index in [1.54, 1.807) is 11.2 Å². The number of hydrogen-bond donors (Lipinski definition) is 1.